The summed E-state index contributed by atoms with van der Waals surface area (Å²) in [7, 11) is 1.81. The Bertz CT molecular complexity index is 633. The molecule has 2 rings (SSSR count). The predicted molar refractivity (Wildman–Crippen MR) is 136 cm³/mol. The summed E-state index contributed by atoms with van der Waals surface area (Å²) in [5, 5.41) is 14.3. The van der Waals surface area contributed by atoms with Crippen molar-refractivity contribution in [1.29, 1.82) is 0 Å². The molecule has 2 aliphatic rings. The van der Waals surface area contributed by atoms with E-state index in [9.17, 15) is 5.11 Å². The van der Waals surface area contributed by atoms with E-state index in [1.54, 1.807) is 6.92 Å². The predicted octanol–water partition coefficient (Wildman–Crippen LogP) is 5.45. The molecule has 2 saturated heterocycles. The van der Waals surface area contributed by atoms with Crippen molar-refractivity contribution in [1.82, 2.24) is 10.1 Å². The van der Waals surface area contributed by atoms with Gasteiger partial charge >= 0.3 is 0 Å². The number of methoxy groups -OCH3 is 1. The van der Waals surface area contributed by atoms with Crippen molar-refractivity contribution in [2.75, 3.05) is 7.11 Å². The zero-order valence-electron chi connectivity index (χ0n) is 24.1. The van der Waals surface area contributed by atoms with E-state index in [1.165, 1.54) is 0 Å². The normalized spacial score (nSPS) is 32.1. The van der Waals surface area contributed by atoms with Crippen LogP contribution in [0.25, 0.3) is 0 Å². The fourth-order valence-corrected chi connectivity index (χ4v) is 6.45. The molecule has 0 aromatic heterocycles. The minimum absolute atomic E-state index is 0.0193. The Kier molecular flexibility index (Phi) is 9.68. The second kappa shape index (κ2) is 11.0. The molecule has 2 aliphatic heterocycles. The van der Waals surface area contributed by atoms with Crippen LogP contribution in [0.1, 0.15) is 115 Å². The minimum atomic E-state index is -0.774. The molecule has 0 spiro atoms. The molecule has 0 saturated carbocycles. The van der Waals surface area contributed by atoms with E-state index in [1.807, 2.05) is 7.11 Å². The molecule has 0 aromatic carbocycles. The number of hydrogen-bond acceptors (Lipinski definition) is 7. The number of aliphatic hydroxyl groups excluding tert-OH is 1. The van der Waals surface area contributed by atoms with Crippen molar-refractivity contribution in [3.05, 3.63) is 0 Å². The Morgan fingerprint density at radius 1 is 0.765 bits per heavy atom. The van der Waals surface area contributed by atoms with Gasteiger partial charge in [0.05, 0.1) is 24.4 Å². The van der Waals surface area contributed by atoms with Crippen LogP contribution in [-0.2, 0) is 19.1 Å². The molecule has 4 atom stereocenters. The van der Waals surface area contributed by atoms with Gasteiger partial charge in [-0.15, -0.1) is 0 Å². The van der Waals surface area contributed by atoms with Crippen molar-refractivity contribution < 1.29 is 24.3 Å². The summed E-state index contributed by atoms with van der Waals surface area (Å²) in [6, 6.07) is 0. The molecule has 2 fully saturated rings. The topological polar surface area (TPSA) is 63.6 Å². The third kappa shape index (κ3) is 7.37. The molecule has 0 amide bonds. The van der Waals surface area contributed by atoms with E-state index in [-0.39, 0.29) is 46.6 Å². The summed E-state index contributed by atoms with van der Waals surface area (Å²) in [6.07, 6.45) is 4.89. The maximum Gasteiger partial charge on any atom is 0.152 e. The first-order valence-corrected chi connectivity index (χ1v) is 13.2. The van der Waals surface area contributed by atoms with Gasteiger partial charge in [-0.25, -0.2) is 0 Å². The molecule has 0 aliphatic carbocycles. The van der Waals surface area contributed by atoms with Crippen LogP contribution in [0.5, 0.6) is 0 Å². The smallest absolute Gasteiger partial charge is 0.152 e. The highest BCUT2D eigenvalue weighted by Crippen LogP contribution is 2.44. The lowest BCUT2D eigenvalue weighted by molar-refractivity contribution is -0.328. The molecular weight excluding hydrogens is 432 g/mol. The Morgan fingerprint density at radius 2 is 1.26 bits per heavy atom. The molecule has 0 radical (unpaired) electrons. The lowest BCUT2D eigenvalue weighted by atomic mass is 9.76. The van der Waals surface area contributed by atoms with Gasteiger partial charge in [0.1, 0.15) is 0 Å². The first-order valence-electron chi connectivity index (χ1n) is 13.2. The van der Waals surface area contributed by atoms with Gasteiger partial charge in [0, 0.05) is 29.3 Å². The Morgan fingerprint density at radius 3 is 1.74 bits per heavy atom. The number of ether oxygens (including phenoxy) is 2. The summed E-state index contributed by atoms with van der Waals surface area (Å²) in [5.41, 5.74) is -0.684. The van der Waals surface area contributed by atoms with Crippen LogP contribution < -0.4 is 0 Å². The van der Waals surface area contributed by atoms with Gasteiger partial charge < -0.3 is 14.6 Å². The molecule has 0 bridgehead atoms. The van der Waals surface area contributed by atoms with E-state index in [4.69, 9.17) is 19.1 Å². The highest BCUT2D eigenvalue weighted by atomic mass is 16.7. The largest absolute Gasteiger partial charge is 0.381 e. The molecule has 34 heavy (non-hydrogen) atoms. The summed E-state index contributed by atoms with van der Waals surface area (Å²) >= 11 is 0. The van der Waals surface area contributed by atoms with E-state index in [0.717, 1.165) is 38.5 Å². The van der Waals surface area contributed by atoms with E-state index in [0.29, 0.717) is 0 Å². The highest BCUT2D eigenvalue weighted by molar-refractivity contribution is 5.01. The monoisotopic (exact) mass is 486 g/mol. The first-order chi connectivity index (χ1) is 15.4. The highest BCUT2D eigenvalue weighted by Gasteiger charge is 2.51. The minimum Gasteiger partial charge on any atom is -0.381 e. The van der Waals surface area contributed by atoms with Crippen molar-refractivity contribution in [2.24, 2.45) is 0 Å². The van der Waals surface area contributed by atoms with Gasteiger partial charge in [0.15, 0.2) is 6.29 Å². The van der Waals surface area contributed by atoms with Crippen LogP contribution in [0.4, 0.5) is 0 Å². The molecule has 7 nitrogen and oxygen atoms in total. The molecule has 1 N–H and O–H groups in total. The van der Waals surface area contributed by atoms with Gasteiger partial charge in [-0.2, -0.15) is 10.1 Å². The fraction of sp³-hybridized carbons (Fsp3) is 1.00. The summed E-state index contributed by atoms with van der Waals surface area (Å²) in [5.74, 6) is 0. The Hall–Kier alpha value is -0.280. The van der Waals surface area contributed by atoms with Crippen LogP contribution in [-0.4, -0.2) is 75.2 Å². The van der Waals surface area contributed by atoms with Crippen LogP contribution in [0.15, 0.2) is 0 Å². The molecular formula is C27H54N2O5. The van der Waals surface area contributed by atoms with Crippen molar-refractivity contribution in [2.45, 2.75) is 168 Å². The van der Waals surface area contributed by atoms with Crippen molar-refractivity contribution in [3.63, 3.8) is 0 Å². The molecule has 7 heteroatoms. The average Bonchev–Trinajstić information content (AvgIpc) is 2.64. The third-order valence-electron chi connectivity index (χ3n) is 7.40. The van der Waals surface area contributed by atoms with Crippen LogP contribution >= 0.6 is 0 Å². The molecule has 202 valence electrons. The molecule has 0 aromatic rings. The van der Waals surface area contributed by atoms with Gasteiger partial charge in [0.25, 0.3) is 0 Å². The second-order valence-electron chi connectivity index (χ2n) is 13.2. The van der Waals surface area contributed by atoms with Crippen molar-refractivity contribution in [3.8, 4) is 0 Å². The quantitative estimate of drug-likeness (QED) is 0.412. The lowest BCUT2D eigenvalue weighted by Crippen LogP contribution is -2.64. The first kappa shape index (κ1) is 29.9. The lowest BCUT2D eigenvalue weighted by Gasteiger charge is -2.56. The summed E-state index contributed by atoms with van der Waals surface area (Å²) < 4.78 is 11.6. The fourth-order valence-electron chi connectivity index (χ4n) is 6.45. The number of nitrogens with zero attached hydrogens (tertiary/aromatic N) is 2. The van der Waals surface area contributed by atoms with Gasteiger partial charge in [0.2, 0.25) is 0 Å². The third-order valence-corrected chi connectivity index (χ3v) is 7.40. The Balaban J connectivity index is 2.15. The van der Waals surface area contributed by atoms with E-state index >= 15 is 0 Å². The maximum absolute atomic E-state index is 9.89. The standard InChI is InChI=1S/C27H54N2O5/c1-19(2)33-29-26(9,10)17-23(32-21(4)30)18-27(29,11)14-13-20(3)34-28-24(5,6)15-22(31-12)16-25(28,7)8/h19-23,30H,13-18H2,1-12H3. The summed E-state index contributed by atoms with van der Waals surface area (Å²) in [6.45, 7) is 23.7. The number of hydroxylamine groups is 4. The number of hydrogen-bond donors (Lipinski definition) is 1. The molecule has 2 heterocycles. The van der Waals surface area contributed by atoms with Gasteiger partial charge in [-0.1, -0.05) is 0 Å². The SMILES string of the molecule is COC1CC(C)(C)N(OC(C)CCC2(C)CC(OC(C)O)CC(C)(C)N2OC(C)C)C(C)(C)C1. The summed E-state index contributed by atoms with van der Waals surface area (Å²) in [4.78, 5) is 13.1. The van der Waals surface area contributed by atoms with Crippen LogP contribution in [0.2, 0.25) is 0 Å². The second-order valence-corrected chi connectivity index (χ2v) is 13.2. The van der Waals surface area contributed by atoms with Crippen molar-refractivity contribution >= 4 is 0 Å². The average molecular weight is 487 g/mol. The Labute approximate surface area is 209 Å². The van der Waals surface area contributed by atoms with Crippen LogP contribution in [0.3, 0.4) is 0 Å². The number of rotatable bonds is 10. The maximum atomic E-state index is 9.89. The van der Waals surface area contributed by atoms with Gasteiger partial charge in [-0.05, 0) is 115 Å². The van der Waals surface area contributed by atoms with Crippen LogP contribution in [0, 0.1) is 0 Å². The zero-order chi connectivity index (χ0) is 26.1. The van der Waals surface area contributed by atoms with E-state index < -0.39 is 6.29 Å². The number of aliphatic hydroxyl groups is 1. The van der Waals surface area contributed by atoms with E-state index in [2.05, 4.69) is 79.4 Å². The number of piperidine rings is 2. The molecule has 4 unspecified atom stereocenters. The zero-order valence-corrected chi connectivity index (χ0v) is 24.1. The van der Waals surface area contributed by atoms with Gasteiger partial charge in [-0.3, -0.25) is 9.68 Å².